The van der Waals surface area contributed by atoms with Crippen molar-refractivity contribution in [2.75, 3.05) is 17.7 Å². The zero-order valence-electron chi connectivity index (χ0n) is 13.1. The molecule has 0 atom stereocenters. The van der Waals surface area contributed by atoms with Crippen LogP contribution in [0.2, 0.25) is 0 Å². The number of amides is 1. The van der Waals surface area contributed by atoms with Gasteiger partial charge in [0.1, 0.15) is 0 Å². The molecule has 2 heterocycles. The molecule has 4 rings (SSSR count). The Morgan fingerprint density at radius 2 is 2.00 bits per heavy atom. The van der Waals surface area contributed by atoms with E-state index in [1.54, 1.807) is 16.7 Å². The minimum atomic E-state index is 0.0347. The molecule has 0 spiro atoms. The lowest BCUT2D eigenvalue weighted by Crippen LogP contribution is -2.30. The van der Waals surface area contributed by atoms with Gasteiger partial charge in [-0.1, -0.05) is 18.2 Å². The third kappa shape index (κ3) is 2.23. The van der Waals surface area contributed by atoms with Gasteiger partial charge in [0.05, 0.1) is 11.0 Å². The number of hydrogen-bond donors (Lipinski definition) is 0. The van der Waals surface area contributed by atoms with Crippen LogP contribution in [0.1, 0.15) is 15.9 Å². The first-order valence-corrected chi connectivity index (χ1v) is 8.83. The Morgan fingerprint density at radius 1 is 1.17 bits per heavy atom. The number of anilines is 1. The summed E-state index contributed by atoms with van der Waals surface area (Å²) >= 11 is 1.65. The Labute approximate surface area is 139 Å². The highest BCUT2D eigenvalue weighted by Crippen LogP contribution is 2.29. The van der Waals surface area contributed by atoms with Gasteiger partial charge in [-0.05, 0) is 43.0 Å². The molecule has 0 saturated carbocycles. The number of imidazole rings is 1. The molecule has 23 heavy (non-hydrogen) atoms. The molecule has 0 saturated heterocycles. The summed E-state index contributed by atoms with van der Waals surface area (Å²) < 4.78 is 2.13. The fraction of sp³-hybridized carbons (Fsp3) is 0.222. The molecule has 0 bridgehead atoms. The second-order valence-electron chi connectivity index (χ2n) is 5.69. The fourth-order valence-corrected chi connectivity index (χ4v) is 3.53. The molecular formula is C18H17N3OS. The quantitative estimate of drug-likeness (QED) is 0.675. The Bertz CT molecular complexity index is 916. The number of carbonyl (C=O) groups excluding carboxylic acids is 1. The van der Waals surface area contributed by atoms with E-state index in [4.69, 9.17) is 0 Å². The molecule has 1 aliphatic rings. The Balaban J connectivity index is 1.77. The van der Waals surface area contributed by atoms with Crippen molar-refractivity contribution in [2.24, 2.45) is 0 Å². The maximum absolute atomic E-state index is 13.0. The van der Waals surface area contributed by atoms with Gasteiger partial charge in [0.25, 0.3) is 5.91 Å². The molecule has 0 unspecified atom stereocenters. The fourth-order valence-electron chi connectivity index (χ4n) is 3.09. The highest BCUT2D eigenvalue weighted by molar-refractivity contribution is 7.98. The lowest BCUT2D eigenvalue weighted by molar-refractivity contribution is 0.0988. The standard InChI is InChI=1S/C18H17N3OS/c1-12-7-8-13(23-2)11-14(12)17(22)21-10-9-20-16-6-4-3-5-15(16)19-18(20)21/h3-8,11H,9-10H2,1-2H3. The van der Waals surface area contributed by atoms with Crippen molar-refractivity contribution in [1.29, 1.82) is 0 Å². The summed E-state index contributed by atoms with van der Waals surface area (Å²) in [5.41, 5.74) is 3.79. The van der Waals surface area contributed by atoms with Gasteiger partial charge in [0.15, 0.2) is 0 Å². The molecule has 1 aromatic heterocycles. The highest BCUT2D eigenvalue weighted by atomic mass is 32.2. The molecule has 0 aliphatic carbocycles. The SMILES string of the molecule is CSc1ccc(C)c(C(=O)N2CCn3c2nc2ccccc23)c1. The van der Waals surface area contributed by atoms with Crippen LogP contribution >= 0.6 is 11.8 Å². The maximum Gasteiger partial charge on any atom is 0.260 e. The second-order valence-corrected chi connectivity index (χ2v) is 6.57. The van der Waals surface area contributed by atoms with E-state index < -0.39 is 0 Å². The Morgan fingerprint density at radius 3 is 2.83 bits per heavy atom. The van der Waals surface area contributed by atoms with E-state index in [0.29, 0.717) is 6.54 Å². The van der Waals surface area contributed by atoms with Crippen LogP contribution in [0.4, 0.5) is 5.95 Å². The van der Waals surface area contributed by atoms with E-state index in [0.717, 1.165) is 39.5 Å². The molecule has 5 heteroatoms. The third-order valence-corrected chi connectivity index (χ3v) is 5.07. The van der Waals surface area contributed by atoms with Gasteiger partial charge in [0.2, 0.25) is 5.95 Å². The van der Waals surface area contributed by atoms with Crippen LogP contribution in [0.15, 0.2) is 47.4 Å². The predicted octanol–water partition coefficient (Wildman–Crippen LogP) is 3.73. The van der Waals surface area contributed by atoms with Crippen LogP contribution in [0.3, 0.4) is 0 Å². The number of rotatable bonds is 2. The first kappa shape index (κ1) is 14.3. The molecule has 116 valence electrons. The molecule has 0 fully saturated rings. The molecule has 4 nitrogen and oxygen atoms in total. The van der Waals surface area contributed by atoms with Crippen molar-refractivity contribution in [1.82, 2.24) is 9.55 Å². The average molecular weight is 323 g/mol. The van der Waals surface area contributed by atoms with Crippen LogP contribution in [0, 0.1) is 6.92 Å². The third-order valence-electron chi connectivity index (χ3n) is 4.34. The van der Waals surface area contributed by atoms with Crippen molar-refractivity contribution < 1.29 is 4.79 Å². The van der Waals surface area contributed by atoms with Crippen molar-refractivity contribution in [3.8, 4) is 0 Å². The highest BCUT2D eigenvalue weighted by Gasteiger charge is 2.29. The minimum Gasteiger partial charge on any atom is -0.308 e. The summed E-state index contributed by atoms with van der Waals surface area (Å²) in [5.74, 6) is 0.789. The van der Waals surface area contributed by atoms with E-state index >= 15 is 0 Å². The van der Waals surface area contributed by atoms with Gasteiger partial charge in [-0.25, -0.2) is 4.98 Å². The predicted molar refractivity (Wildman–Crippen MR) is 94.4 cm³/mol. The number of aryl methyl sites for hydroxylation is 1. The normalized spacial score (nSPS) is 13.6. The zero-order chi connectivity index (χ0) is 16.0. The first-order chi connectivity index (χ1) is 11.2. The van der Waals surface area contributed by atoms with E-state index in [1.807, 2.05) is 43.5 Å². The summed E-state index contributed by atoms with van der Waals surface area (Å²) in [7, 11) is 0. The van der Waals surface area contributed by atoms with Crippen molar-refractivity contribution in [2.45, 2.75) is 18.4 Å². The Kier molecular flexibility index (Phi) is 3.38. The van der Waals surface area contributed by atoms with Crippen LogP contribution in [-0.4, -0.2) is 28.3 Å². The number of benzene rings is 2. The van der Waals surface area contributed by atoms with Crippen LogP contribution < -0.4 is 4.90 Å². The average Bonchev–Trinajstić information content (AvgIpc) is 3.13. The smallest absolute Gasteiger partial charge is 0.260 e. The summed E-state index contributed by atoms with van der Waals surface area (Å²) in [6.07, 6.45) is 2.02. The lowest BCUT2D eigenvalue weighted by Gasteiger charge is -2.16. The number of carbonyl (C=O) groups is 1. The molecule has 3 aromatic rings. The summed E-state index contributed by atoms with van der Waals surface area (Å²) in [4.78, 5) is 20.6. The number of nitrogens with zero attached hydrogens (tertiary/aromatic N) is 3. The minimum absolute atomic E-state index is 0.0347. The number of hydrogen-bond acceptors (Lipinski definition) is 3. The zero-order valence-corrected chi connectivity index (χ0v) is 13.9. The van der Waals surface area contributed by atoms with Gasteiger partial charge in [-0.2, -0.15) is 0 Å². The van der Waals surface area contributed by atoms with E-state index in [-0.39, 0.29) is 5.91 Å². The van der Waals surface area contributed by atoms with Gasteiger partial charge < -0.3 is 4.57 Å². The molecule has 0 N–H and O–H groups in total. The van der Waals surface area contributed by atoms with Gasteiger partial charge >= 0.3 is 0 Å². The molecule has 2 aromatic carbocycles. The topological polar surface area (TPSA) is 38.1 Å². The van der Waals surface area contributed by atoms with Crippen LogP contribution in [-0.2, 0) is 6.54 Å². The first-order valence-electron chi connectivity index (χ1n) is 7.61. The van der Waals surface area contributed by atoms with E-state index in [1.165, 1.54) is 0 Å². The van der Waals surface area contributed by atoms with Crippen LogP contribution in [0.25, 0.3) is 11.0 Å². The molecule has 1 aliphatic heterocycles. The summed E-state index contributed by atoms with van der Waals surface area (Å²) in [6.45, 7) is 3.45. The van der Waals surface area contributed by atoms with Gasteiger partial charge in [-0.15, -0.1) is 11.8 Å². The van der Waals surface area contributed by atoms with Crippen molar-refractivity contribution in [3.05, 3.63) is 53.6 Å². The van der Waals surface area contributed by atoms with E-state index in [9.17, 15) is 4.79 Å². The number of para-hydroxylation sites is 2. The maximum atomic E-state index is 13.0. The van der Waals surface area contributed by atoms with Crippen LogP contribution in [0.5, 0.6) is 0 Å². The Hall–Kier alpha value is -2.27. The van der Waals surface area contributed by atoms with E-state index in [2.05, 4.69) is 21.7 Å². The summed E-state index contributed by atoms with van der Waals surface area (Å²) in [6, 6.07) is 14.1. The number of thioether (sulfide) groups is 1. The molecule has 1 amide bonds. The molecule has 0 radical (unpaired) electrons. The molecular weight excluding hydrogens is 306 g/mol. The number of fused-ring (bicyclic) bond motifs is 3. The second kappa shape index (κ2) is 5.42. The van der Waals surface area contributed by atoms with Crippen molar-refractivity contribution in [3.63, 3.8) is 0 Å². The van der Waals surface area contributed by atoms with Crippen molar-refractivity contribution >= 4 is 34.7 Å². The van der Waals surface area contributed by atoms with Gasteiger partial charge in [0, 0.05) is 23.5 Å². The number of aromatic nitrogens is 2. The monoisotopic (exact) mass is 323 g/mol. The largest absolute Gasteiger partial charge is 0.308 e. The summed E-state index contributed by atoms with van der Waals surface area (Å²) in [5, 5.41) is 0. The van der Waals surface area contributed by atoms with Gasteiger partial charge in [-0.3, -0.25) is 9.69 Å². The lowest BCUT2D eigenvalue weighted by atomic mass is 10.1.